The van der Waals surface area contributed by atoms with Gasteiger partial charge in [-0.05, 0) is 65.9 Å². The van der Waals surface area contributed by atoms with Crippen molar-refractivity contribution in [1.82, 2.24) is 20.9 Å². The second-order valence-electron chi connectivity index (χ2n) is 10.4. The number of ether oxygens (including phenoxy) is 1. The van der Waals surface area contributed by atoms with Crippen molar-refractivity contribution in [1.29, 1.82) is 0 Å². The molecule has 0 saturated heterocycles. The highest BCUT2D eigenvalue weighted by Gasteiger charge is 2.26. The number of amides is 3. The van der Waals surface area contributed by atoms with Crippen molar-refractivity contribution in [3.05, 3.63) is 131 Å². The zero-order valence-corrected chi connectivity index (χ0v) is 25.1. The second-order valence-corrected chi connectivity index (χ2v) is 10.4. The Morgan fingerprint density at radius 3 is 2.09 bits per heavy atom. The molecule has 0 aliphatic rings. The van der Waals surface area contributed by atoms with Crippen LogP contribution in [0, 0.1) is 6.92 Å². The summed E-state index contributed by atoms with van der Waals surface area (Å²) < 4.78 is 5.56. The minimum Gasteiger partial charge on any atom is -0.494 e. The molecular formula is C35H39N5O4. The molecule has 3 aromatic carbocycles. The molecule has 4 rings (SSSR count). The third-order valence-electron chi connectivity index (χ3n) is 7.38. The van der Waals surface area contributed by atoms with Crippen molar-refractivity contribution < 1.29 is 19.1 Å². The van der Waals surface area contributed by atoms with E-state index in [2.05, 4.69) is 20.9 Å². The van der Waals surface area contributed by atoms with Gasteiger partial charge in [-0.25, -0.2) is 0 Å². The summed E-state index contributed by atoms with van der Waals surface area (Å²) in [4.78, 5) is 44.3. The van der Waals surface area contributed by atoms with Crippen molar-refractivity contribution in [3.8, 4) is 5.75 Å². The lowest BCUT2D eigenvalue weighted by Crippen LogP contribution is -2.41. The fourth-order valence-electron chi connectivity index (χ4n) is 4.82. The van der Waals surface area contributed by atoms with E-state index in [4.69, 9.17) is 10.5 Å². The number of aromatic nitrogens is 1. The zero-order valence-electron chi connectivity index (χ0n) is 25.1. The standard InChI is InChI=1S/C35H39N5O4/c1-3-44-29-16-14-27(15-17-29)31(22-39-33(41)30-9-5-4-7-24(30)2)34(42)40-23-32(28-8-6-18-37-21-28)35(43)38-20-26-12-10-25(19-36)11-13-26/h4-18,21,31-32H,3,19-20,22-23,36H2,1-2H3,(H,38,43)(H,39,41)(H,40,42)/t31-,32+/m1/s1. The first-order valence-electron chi connectivity index (χ1n) is 14.7. The summed E-state index contributed by atoms with van der Waals surface area (Å²) in [6.07, 6.45) is 3.26. The summed E-state index contributed by atoms with van der Waals surface area (Å²) in [6, 6.07) is 25.8. The number of benzene rings is 3. The maximum atomic E-state index is 13.7. The summed E-state index contributed by atoms with van der Waals surface area (Å²) in [5, 5.41) is 8.87. The van der Waals surface area contributed by atoms with Crippen molar-refractivity contribution in [2.75, 3.05) is 19.7 Å². The first-order valence-corrected chi connectivity index (χ1v) is 14.7. The Hall–Kier alpha value is -5.02. The zero-order chi connectivity index (χ0) is 31.3. The summed E-state index contributed by atoms with van der Waals surface area (Å²) in [5.41, 5.74) is 10.4. The third-order valence-corrected chi connectivity index (χ3v) is 7.38. The molecule has 4 aromatic rings. The molecule has 1 aromatic heterocycles. The smallest absolute Gasteiger partial charge is 0.251 e. The Balaban J connectivity index is 1.49. The van der Waals surface area contributed by atoms with Gasteiger partial charge in [-0.1, -0.05) is 60.7 Å². The van der Waals surface area contributed by atoms with Gasteiger partial charge in [0.2, 0.25) is 11.8 Å². The highest BCUT2D eigenvalue weighted by molar-refractivity contribution is 5.96. The summed E-state index contributed by atoms with van der Waals surface area (Å²) in [7, 11) is 0. The first-order chi connectivity index (χ1) is 21.4. The molecular weight excluding hydrogens is 554 g/mol. The highest BCUT2D eigenvalue weighted by atomic mass is 16.5. The van der Waals surface area contributed by atoms with E-state index in [0.717, 1.165) is 16.7 Å². The van der Waals surface area contributed by atoms with E-state index in [0.29, 0.717) is 42.1 Å². The fraction of sp³-hybridized carbons (Fsp3) is 0.257. The molecule has 2 atom stereocenters. The van der Waals surface area contributed by atoms with Crippen molar-refractivity contribution in [2.45, 2.75) is 38.8 Å². The lowest BCUT2D eigenvalue weighted by Gasteiger charge is -2.22. The van der Waals surface area contributed by atoms with Gasteiger partial charge >= 0.3 is 0 Å². The minimum absolute atomic E-state index is 0.0434. The average molecular weight is 594 g/mol. The van der Waals surface area contributed by atoms with Crippen LogP contribution in [-0.4, -0.2) is 42.4 Å². The van der Waals surface area contributed by atoms with Crippen LogP contribution in [0.2, 0.25) is 0 Å². The van der Waals surface area contributed by atoms with Gasteiger partial charge in [0.25, 0.3) is 5.91 Å². The lowest BCUT2D eigenvalue weighted by molar-refractivity contribution is -0.124. The molecule has 0 aliphatic heterocycles. The van der Waals surface area contributed by atoms with Gasteiger partial charge in [0.05, 0.1) is 18.4 Å². The van der Waals surface area contributed by atoms with E-state index in [1.165, 1.54) is 0 Å². The quantitative estimate of drug-likeness (QED) is 0.175. The maximum Gasteiger partial charge on any atom is 0.251 e. The van der Waals surface area contributed by atoms with Gasteiger partial charge in [0, 0.05) is 44.1 Å². The van der Waals surface area contributed by atoms with Crippen LogP contribution in [0.15, 0.2) is 97.3 Å². The number of aryl methyl sites for hydroxylation is 1. The molecule has 44 heavy (non-hydrogen) atoms. The molecule has 0 radical (unpaired) electrons. The predicted molar refractivity (Wildman–Crippen MR) is 170 cm³/mol. The Bertz CT molecular complexity index is 1530. The van der Waals surface area contributed by atoms with Crippen molar-refractivity contribution in [3.63, 3.8) is 0 Å². The van der Waals surface area contributed by atoms with Crippen LogP contribution in [-0.2, 0) is 22.7 Å². The van der Waals surface area contributed by atoms with Crippen LogP contribution < -0.4 is 26.4 Å². The van der Waals surface area contributed by atoms with Gasteiger partial charge in [0.1, 0.15) is 5.75 Å². The number of hydrogen-bond acceptors (Lipinski definition) is 6. The molecule has 228 valence electrons. The van der Waals surface area contributed by atoms with Gasteiger partial charge in [-0.2, -0.15) is 0 Å². The predicted octanol–water partition coefficient (Wildman–Crippen LogP) is 3.98. The van der Waals surface area contributed by atoms with E-state index in [9.17, 15) is 14.4 Å². The molecule has 0 spiro atoms. The summed E-state index contributed by atoms with van der Waals surface area (Å²) in [6.45, 7) is 5.17. The Morgan fingerprint density at radius 1 is 0.773 bits per heavy atom. The molecule has 5 N–H and O–H groups in total. The molecule has 0 saturated carbocycles. The SMILES string of the molecule is CCOc1ccc([C@@H](CNC(=O)c2ccccc2C)C(=O)NC[C@H](C(=O)NCc2ccc(CN)cc2)c2cccnc2)cc1. The van der Waals surface area contributed by atoms with E-state index >= 15 is 0 Å². The van der Waals surface area contributed by atoms with Crippen molar-refractivity contribution >= 4 is 17.7 Å². The number of nitrogens with two attached hydrogens (primary N) is 1. The lowest BCUT2D eigenvalue weighted by atomic mass is 9.96. The topological polar surface area (TPSA) is 135 Å². The number of carbonyl (C=O) groups is 3. The molecule has 0 aliphatic carbocycles. The van der Waals surface area contributed by atoms with Crippen LogP contribution in [0.1, 0.15) is 56.9 Å². The first kappa shape index (κ1) is 31.9. The maximum absolute atomic E-state index is 13.7. The summed E-state index contributed by atoms with van der Waals surface area (Å²) >= 11 is 0. The molecule has 1 heterocycles. The van der Waals surface area contributed by atoms with E-state index in [-0.39, 0.29) is 30.8 Å². The Labute approximate surface area is 258 Å². The number of rotatable bonds is 14. The normalized spacial score (nSPS) is 12.1. The largest absolute Gasteiger partial charge is 0.494 e. The molecule has 0 unspecified atom stereocenters. The number of pyridine rings is 1. The molecule has 9 heteroatoms. The number of carbonyl (C=O) groups excluding carboxylic acids is 3. The average Bonchev–Trinajstić information content (AvgIpc) is 3.05. The minimum atomic E-state index is -0.711. The molecule has 0 fully saturated rings. The molecule has 3 amide bonds. The van der Waals surface area contributed by atoms with Gasteiger partial charge < -0.3 is 26.4 Å². The van der Waals surface area contributed by atoms with Gasteiger partial charge in [-0.15, -0.1) is 0 Å². The van der Waals surface area contributed by atoms with Crippen LogP contribution in [0.25, 0.3) is 0 Å². The van der Waals surface area contributed by atoms with E-state index < -0.39 is 11.8 Å². The molecule has 9 nitrogen and oxygen atoms in total. The van der Waals surface area contributed by atoms with Gasteiger partial charge in [-0.3, -0.25) is 19.4 Å². The Morgan fingerprint density at radius 2 is 1.43 bits per heavy atom. The van der Waals surface area contributed by atoms with Crippen LogP contribution in [0.5, 0.6) is 5.75 Å². The van der Waals surface area contributed by atoms with Crippen LogP contribution in [0.3, 0.4) is 0 Å². The summed E-state index contributed by atoms with van der Waals surface area (Å²) in [5.74, 6) is -1.54. The van der Waals surface area contributed by atoms with Crippen molar-refractivity contribution in [2.24, 2.45) is 5.73 Å². The number of nitrogens with one attached hydrogen (secondary N) is 3. The van der Waals surface area contributed by atoms with Crippen LogP contribution >= 0.6 is 0 Å². The third kappa shape index (κ3) is 8.75. The van der Waals surface area contributed by atoms with E-state index in [1.54, 1.807) is 42.7 Å². The second kappa shape index (κ2) is 16.0. The monoisotopic (exact) mass is 593 g/mol. The van der Waals surface area contributed by atoms with Gasteiger partial charge in [0.15, 0.2) is 0 Å². The molecule has 0 bridgehead atoms. The van der Waals surface area contributed by atoms with Crippen LogP contribution in [0.4, 0.5) is 0 Å². The number of nitrogens with zero attached hydrogens (tertiary/aromatic N) is 1. The van der Waals surface area contributed by atoms with E-state index in [1.807, 2.05) is 68.4 Å². The fourth-order valence-corrected chi connectivity index (χ4v) is 4.82. The number of hydrogen-bond donors (Lipinski definition) is 4. The highest BCUT2D eigenvalue weighted by Crippen LogP contribution is 2.21. The Kier molecular flexibility index (Phi) is 11.6.